The summed E-state index contributed by atoms with van der Waals surface area (Å²) >= 11 is 0. The van der Waals surface area contributed by atoms with Crippen molar-refractivity contribution in [2.45, 2.75) is 331 Å². The Labute approximate surface area is 395 Å². The van der Waals surface area contributed by atoms with Gasteiger partial charge in [0.1, 0.15) is 0 Å². The van der Waals surface area contributed by atoms with Gasteiger partial charge < -0.3 is 15.3 Å². The molecule has 0 atom stereocenters. The van der Waals surface area contributed by atoms with Crippen molar-refractivity contribution in [1.29, 1.82) is 0 Å². The van der Waals surface area contributed by atoms with E-state index in [9.17, 15) is 14.4 Å². The van der Waals surface area contributed by atoms with Gasteiger partial charge in [0, 0.05) is 19.3 Å². The number of unbranched alkanes of at least 4 members (excludes halogenated alkanes) is 33. The fraction of sp³-hybridized carbons (Fsp3) is 0.947. The first-order chi connectivity index (χ1) is 30.3. The van der Waals surface area contributed by atoms with Gasteiger partial charge in [-0.25, -0.2) is 0 Å². The summed E-state index contributed by atoms with van der Waals surface area (Å²) in [5.41, 5.74) is 0. The molecule has 63 heavy (non-hydrogen) atoms. The second kappa shape index (κ2) is 60.4. The minimum atomic E-state index is -0.654. The van der Waals surface area contributed by atoms with Gasteiger partial charge in [0.05, 0.1) is 0 Å². The monoisotopic (exact) mass is 897 g/mol. The molecule has 0 spiro atoms. The average molecular weight is 898 g/mol. The van der Waals surface area contributed by atoms with Crippen molar-refractivity contribution in [2.75, 3.05) is 0 Å². The van der Waals surface area contributed by atoms with E-state index < -0.39 is 17.9 Å². The Hall–Kier alpha value is -1.59. The van der Waals surface area contributed by atoms with Crippen LogP contribution < -0.4 is 0 Å². The topological polar surface area (TPSA) is 112 Å². The van der Waals surface area contributed by atoms with Crippen molar-refractivity contribution in [3.05, 3.63) is 0 Å². The van der Waals surface area contributed by atoms with Crippen LogP contribution >= 0.6 is 0 Å². The quantitative estimate of drug-likeness (QED) is 0.0525. The van der Waals surface area contributed by atoms with Gasteiger partial charge in [0.15, 0.2) is 0 Å². The van der Waals surface area contributed by atoms with Crippen molar-refractivity contribution in [3.8, 4) is 0 Å². The Morgan fingerprint density at radius 1 is 0.254 bits per heavy atom. The third kappa shape index (κ3) is 84.4. The molecule has 0 unspecified atom stereocenters. The highest BCUT2D eigenvalue weighted by Crippen LogP contribution is 2.17. The molecule has 0 heterocycles. The lowest BCUT2D eigenvalue weighted by molar-refractivity contribution is -0.138. The van der Waals surface area contributed by atoms with Crippen LogP contribution in [-0.2, 0) is 14.4 Å². The van der Waals surface area contributed by atoms with Crippen molar-refractivity contribution >= 4 is 17.9 Å². The van der Waals surface area contributed by atoms with Gasteiger partial charge in [-0.15, -0.1) is 0 Å². The SMILES string of the molecule is CC(C)CCCCCCCCCCCCCCC(=O)O.CC(C)CCCCCCCCCCCCCCC(=O)O.CC(C)CCCCCCCCCCCCCCC(=O)O.CCC. The highest BCUT2D eigenvalue weighted by atomic mass is 16.4. The molecule has 6 nitrogen and oxygen atoms in total. The van der Waals surface area contributed by atoms with Gasteiger partial charge in [-0.1, -0.05) is 293 Å². The maximum Gasteiger partial charge on any atom is 0.303 e. The lowest BCUT2D eigenvalue weighted by Crippen LogP contribution is -1.93. The van der Waals surface area contributed by atoms with E-state index in [2.05, 4.69) is 55.4 Å². The predicted molar refractivity (Wildman–Crippen MR) is 277 cm³/mol. The third-order valence-electron chi connectivity index (χ3n) is 11.8. The molecule has 0 amide bonds. The second-order valence-electron chi connectivity index (χ2n) is 20.4. The van der Waals surface area contributed by atoms with Crippen molar-refractivity contribution < 1.29 is 29.7 Å². The number of hydrogen-bond acceptors (Lipinski definition) is 3. The standard InChI is InChI=1S/3C18H36O2.C3H8/c3*1-17(2)15-13-11-9-7-5-3-4-6-8-10-12-14-16-18(19)20;1-3-2/h3*17H,3-16H2,1-2H3,(H,19,20);3H2,1-2H3. The van der Waals surface area contributed by atoms with E-state index in [-0.39, 0.29) is 0 Å². The molecule has 0 aromatic rings. The van der Waals surface area contributed by atoms with Crippen LogP contribution in [0.25, 0.3) is 0 Å². The van der Waals surface area contributed by atoms with Gasteiger partial charge in [-0.05, 0) is 37.0 Å². The molecule has 0 saturated heterocycles. The van der Waals surface area contributed by atoms with E-state index in [4.69, 9.17) is 15.3 Å². The summed E-state index contributed by atoms with van der Waals surface area (Å²) in [5.74, 6) is 0.636. The summed E-state index contributed by atoms with van der Waals surface area (Å²) in [5, 5.41) is 25.6. The molecule has 0 aliphatic carbocycles. The highest BCUT2D eigenvalue weighted by molar-refractivity contribution is 5.67. The van der Waals surface area contributed by atoms with Gasteiger partial charge in [0.2, 0.25) is 0 Å². The van der Waals surface area contributed by atoms with Crippen LogP contribution in [0.4, 0.5) is 0 Å². The van der Waals surface area contributed by atoms with Crippen molar-refractivity contribution in [1.82, 2.24) is 0 Å². The zero-order valence-electron chi connectivity index (χ0n) is 44.2. The lowest BCUT2D eigenvalue weighted by Gasteiger charge is -2.04. The Morgan fingerprint density at radius 3 is 0.476 bits per heavy atom. The summed E-state index contributed by atoms with van der Waals surface area (Å²) in [4.78, 5) is 31.0. The number of rotatable bonds is 45. The number of hydrogen-bond donors (Lipinski definition) is 3. The van der Waals surface area contributed by atoms with Crippen LogP contribution in [0.15, 0.2) is 0 Å². The predicted octanol–water partition coefficient (Wildman–Crippen LogP) is 20.0. The van der Waals surface area contributed by atoms with Crippen molar-refractivity contribution in [3.63, 3.8) is 0 Å². The Balaban J connectivity index is -0.000000401. The fourth-order valence-electron chi connectivity index (χ4n) is 7.79. The second-order valence-corrected chi connectivity index (χ2v) is 20.4. The van der Waals surface area contributed by atoms with E-state index >= 15 is 0 Å². The Kier molecular flexibility index (Phi) is 65.2. The average Bonchev–Trinajstić information content (AvgIpc) is 3.21. The van der Waals surface area contributed by atoms with Crippen LogP contribution in [0.1, 0.15) is 331 Å². The van der Waals surface area contributed by atoms with Gasteiger partial charge in [-0.2, -0.15) is 0 Å². The Morgan fingerprint density at radius 2 is 0.365 bits per heavy atom. The van der Waals surface area contributed by atoms with E-state index in [1.54, 1.807) is 0 Å². The van der Waals surface area contributed by atoms with E-state index in [1.165, 1.54) is 218 Å². The van der Waals surface area contributed by atoms with Crippen LogP contribution in [-0.4, -0.2) is 33.2 Å². The molecule has 0 fully saturated rings. The van der Waals surface area contributed by atoms with Crippen LogP contribution in [0, 0.1) is 17.8 Å². The summed E-state index contributed by atoms with van der Waals surface area (Å²) in [6, 6.07) is 0. The third-order valence-corrected chi connectivity index (χ3v) is 11.8. The molecule has 0 bridgehead atoms. The molecular weight excluding hydrogens is 781 g/mol. The van der Waals surface area contributed by atoms with Crippen LogP contribution in [0.5, 0.6) is 0 Å². The van der Waals surface area contributed by atoms with Gasteiger partial charge >= 0.3 is 17.9 Å². The molecule has 0 radical (unpaired) electrons. The summed E-state index contributed by atoms with van der Waals surface area (Å²) < 4.78 is 0. The number of carbonyl (C=O) groups is 3. The maximum absolute atomic E-state index is 10.3. The normalized spacial score (nSPS) is 10.9. The lowest BCUT2D eigenvalue weighted by atomic mass is 10.0. The summed E-state index contributed by atoms with van der Waals surface area (Å²) in [7, 11) is 0. The van der Waals surface area contributed by atoms with E-state index in [0.717, 1.165) is 56.3 Å². The van der Waals surface area contributed by atoms with Crippen LogP contribution in [0.3, 0.4) is 0 Å². The van der Waals surface area contributed by atoms with Crippen LogP contribution in [0.2, 0.25) is 0 Å². The minimum Gasteiger partial charge on any atom is -0.481 e. The zero-order chi connectivity index (χ0) is 47.9. The first-order valence-electron chi connectivity index (χ1n) is 27.9. The number of carboxylic acids is 3. The first kappa shape index (κ1) is 68.0. The smallest absolute Gasteiger partial charge is 0.303 e. The van der Waals surface area contributed by atoms with Gasteiger partial charge in [0.25, 0.3) is 0 Å². The molecule has 0 aromatic heterocycles. The molecule has 0 saturated carbocycles. The fourth-order valence-corrected chi connectivity index (χ4v) is 7.79. The number of carboxylic acid groups (broad SMARTS) is 3. The zero-order valence-corrected chi connectivity index (χ0v) is 44.2. The van der Waals surface area contributed by atoms with Gasteiger partial charge in [-0.3, -0.25) is 14.4 Å². The molecule has 0 aliphatic heterocycles. The molecular formula is C57H116O6. The highest BCUT2D eigenvalue weighted by Gasteiger charge is 2.01. The minimum absolute atomic E-state index is 0.344. The summed E-state index contributed by atoms with van der Waals surface area (Å²) in [6.45, 7) is 18.1. The first-order valence-corrected chi connectivity index (χ1v) is 27.9. The molecule has 0 rings (SSSR count). The molecule has 0 aliphatic rings. The molecule has 380 valence electrons. The number of aliphatic carboxylic acids is 3. The van der Waals surface area contributed by atoms with E-state index in [1.807, 2.05) is 0 Å². The molecule has 3 N–H and O–H groups in total. The molecule has 6 heteroatoms. The summed E-state index contributed by atoms with van der Waals surface area (Å²) in [6.07, 6.45) is 53.2. The van der Waals surface area contributed by atoms with E-state index in [0.29, 0.717) is 19.3 Å². The van der Waals surface area contributed by atoms with Crippen molar-refractivity contribution in [2.24, 2.45) is 17.8 Å². The largest absolute Gasteiger partial charge is 0.481 e. The molecule has 0 aromatic carbocycles. The maximum atomic E-state index is 10.3. The Bertz CT molecular complexity index is 759.